The van der Waals surface area contributed by atoms with E-state index in [-0.39, 0.29) is 5.91 Å². The van der Waals surface area contributed by atoms with Gasteiger partial charge < -0.3 is 5.32 Å². The minimum Gasteiger partial charge on any atom is -0.351 e. The van der Waals surface area contributed by atoms with Crippen LogP contribution in [-0.4, -0.2) is 21.8 Å². The van der Waals surface area contributed by atoms with Crippen molar-refractivity contribution >= 4 is 11.6 Å². The van der Waals surface area contributed by atoms with Gasteiger partial charge in [-0.25, -0.2) is 4.98 Å². The van der Waals surface area contributed by atoms with Gasteiger partial charge in [0.25, 0.3) is 5.91 Å². The molecule has 0 fully saturated rings. The number of nitrogens with zero attached hydrogens (tertiary/aromatic N) is 2. The molecule has 1 aromatic carbocycles. The van der Waals surface area contributed by atoms with E-state index in [4.69, 9.17) is 4.98 Å². The Balaban J connectivity index is 2.11. The number of aryl methyl sites for hydroxylation is 2. The highest BCUT2D eigenvalue weighted by molar-refractivity contribution is 5.99. The Labute approximate surface area is 142 Å². The topological polar surface area (TPSA) is 46.4 Å². The molecule has 0 atom stereocenters. The van der Waals surface area contributed by atoms with Crippen molar-refractivity contribution in [1.82, 2.24) is 14.7 Å². The summed E-state index contributed by atoms with van der Waals surface area (Å²) in [5, 5.41) is 3.02. The summed E-state index contributed by atoms with van der Waals surface area (Å²) in [6.45, 7) is 6.86. The van der Waals surface area contributed by atoms with E-state index in [1.165, 1.54) is 5.56 Å². The van der Waals surface area contributed by atoms with Gasteiger partial charge in [-0.1, -0.05) is 49.2 Å². The smallest absolute Gasteiger partial charge is 0.270 e. The molecule has 0 aliphatic heterocycles. The molecule has 2 aromatic heterocycles. The van der Waals surface area contributed by atoms with Gasteiger partial charge in [0.05, 0.1) is 0 Å². The Morgan fingerprint density at radius 3 is 2.50 bits per heavy atom. The predicted molar refractivity (Wildman–Crippen MR) is 97.3 cm³/mol. The first-order chi connectivity index (χ1) is 11.6. The quantitative estimate of drug-likeness (QED) is 0.718. The van der Waals surface area contributed by atoms with Crippen LogP contribution in [0.25, 0.3) is 16.9 Å². The Morgan fingerprint density at radius 1 is 1.08 bits per heavy atom. The first-order valence-electron chi connectivity index (χ1n) is 8.44. The van der Waals surface area contributed by atoms with Crippen molar-refractivity contribution in [1.29, 1.82) is 0 Å². The number of rotatable bonds is 5. The highest BCUT2D eigenvalue weighted by atomic mass is 16.1. The van der Waals surface area contributed by atoms with E-state index in [0.717, 1.165) is 35.3 Å². The number of hydrogen-bond acceptors (Lipinski definition) is 2. The molecule has 3 rings (SSSR count). The van der Waals surface area contributed by atoms with Crippen LogP contribution in [0.15, 0.2) is 42.6 Å². The summed E-state index contributed by atoms with van der Waals surface area (Å²) in [5.41, 5.74) is 5.37. The van der Waals surface area contributed by atoms with Gasteiger partial charge in [0.15, 0.2) is 0 Å². The number of carbonyl (C=O) groups excluding carboxylic acids is 1. The fourth-order valence-corrected chi connectivity index (χ4v) is 2.74. The Bertz CT molecular complexity index is 862. The molecule has 2 heterocycles. The van der Waals surface area contributed by atoms with Crippen LogP contribution < -0.4 is 5.32 Å². The molecule has 4 heteroatoms. The maximum absolute atomic E-state index is 12.8. The van der Waals surface area contributed by atoms with Crippen LogP contribution in [0, 0.1) is 13.8 Å². The lowest BCUT2D eigenvalue weighted by Gasteiger charge is -2.07. The number of fused-ring (bicyclic) bond motifs is 1. The number of benzene rings is 1. The lowest BCUT2D eigenvalue weighted by molar-refractivity contribution is 0.0948. The number of nitrogens with one attached hydrogen (secondary N) is 1. The normalized spacial score (nSPS) is 11.0. The molecule has 0 aliphatic carbocycles. The molecule has 24 heavy (non-hydrogen) atoms. The summed E-state index contributed by atoms with van der Waals surface area (Å²) in [7, 11) is 0. The maximum Gasteiger partial charge on any atom is 0.270 e. The Kier molecular flexibility index (Phi) is 4.65. The van der Waals surface area contributed by atoms with Crippen LogP contribution in [0.4, 0.5) is 0 Å². The molecule has 0 aliphatic rings. The van der Waals surface area contributed by atoms with Gasteiger partial charge in [0, 0.05) is 18.3 Å². The summed E-state index contributed by atoms with van der Waals surface area (Å²) >= 11 is 0. The zero-order chi connectivity index (χ0) is 17.1. The van der Waals surface area contributed by atoms with Crippen LogP contribution in [0.3, 0.4) is 0 Å². The molecular formula is C20H23N3O. The molecule has 124 valence electrons. The summed E-state index contributed by atoms with van der Waals surface area (Å²) in [6, 6.07) is 12.1. The Morgan fingerprint density at radius 2 is 1.79 bits per heavy atom. The second-order valence-corrected chi connectivity index (χ2v) is 6.22. The van der Waals surface area contributed by atoms with E-state index in [2.05, 4.69) is 19.2 Å². The molecular weight excluding hydrogens is 298 g/mol. The highest BCUT2D eigenvalue weighted by Gasteiger charge is 2.20. The highest BCUT2D eigenvalue weighted by Crippen LogP contribution is 2.25. The summed E-state index contributed by atoms with van der Waals surface area (Å²) in [4.78, 5) is 17.5. The molecule has 3 aromatic rings. The molecule has 0 spiro atoms. The number of imidazole rings is 1. The maximum atomic E-state index is 12.8. The lowest BCUT2D eigenvalue weighted by Crippen LogP contribution is -2.26. The zero-order valence-corrected chi connectivity index (χ0v) is 14.5. The standard InChI is InChI=1S/C20H23N3O/c1-4-5-12-21-20(24)19-18(16-9-6-14(2)7-10-16)22-17-11-8-15(3)13-23(17)19/h6-11,13H,4-5,12H2,1-3H3,(H,21,24). The number of hydrogen-bond donors (Lipinski definition) is 1. The second-order valence-electron chi connectivity index (χ2n) is 6.22. The van der Waals surface area contributed by atoms with Crippen LogP contribution in [0.5, 0.6) is 0 Å². The number of unbranched alkanes of at least 4 members (excludes halogenated alkanes) is 1. The van der Waals surface area contributed by atoms with Gasteiger partial charge in [-0.2, -0.15) is 0 Å². The summed E-state index contributed by atoms with van der Waals surface area (Å²) in [5.74, 6) is -0.0721. The summed E-state index contributed by atoms with van der Waals surface area (Å²) in [6.07, 6.45) is 3.99. The third-order valence-corrected chi connectivity index (χ3v) is 4.12. The number of pyridine rings is 1. The van der Waals surface area contributed by atoms with Gasteiger partial charge in [-0.05, 0) is 31.9 Å². The fourth-order valence-electron chi connectivity index (χ4n) is 2.74. The van der Waals surface area contributed by atoms with Gasteiger partial charge in [-0.15, -0.1) is 0 Å². The number of carbonyl (C=O) groups is 1. The van der Waals surface area contributed by atoms with Gasteiger partial charge in [-0.3, -0.25) is 9.20 Å². The van der Waals surface area contributed by atoms with E-state index >= 15 is 0 Å². The molecule has 0 saturated heterocycles. The molecule has 1 N–H and O–H groups in total. The van der Waals surface area contributed by atoms with E-state index < -0.39 is 0 Å². The van der Waals surface area contributed by atoms with Gasteiger partial charge in [0.1, 0.15) is 17.0 Å². The first kappa shape index (κ1) is 16.2. The number of aromatic nitrogens is 2. The first-order valence-corrected chi connectivity index (χ1v) is 8.44. The van der Waals surface area contributed by atoms with Crippen LogP contribution in [0.1, 0.15) is 41.4 Å². The minimum absolute atomic E-state index is 0.0721. The minimum atomic E-state index is -0.0721. The lowest BCUT2D eigenvalue weighted by atomic mass is 10.1. The number of amides is 1. The molecule has 1 amide bonds. The van der Waals surface area contributed by atoms with Crippen LogP contribution in [-0.2, 0) is 0 Å². The van der Waals surface area contributed by atoms with Crippen LogP contribution in [0.2, 0.25) is 0 Å². The van der Waals surface area contributed by atoms with E-state index in [1.54, 1.807) is 0 Å². The fraction of sp³-hybridized carbons (Fsp3) is 0.300. The van der Waals surface area contributed by atoms with E-state index in [0.29, 0.717) is 12.2 Å². The molecule has 0 unspecified atom stereocenters. The monoisotopic (exact) mass is 321 g/mol. The van der Waals surface area contributed by atoms with Crippen molar-refractivity contribution in [3.05, 3.63) is 59.4 Å². The van der Waals surface area contributed by atoms with Crippen molar-refractivity contribution in [3.8, 4) is 11.3 Å². The second kappa shape index (κ2) is 6.87. The molecule has 0 radical (unpaired) electrons. The molecule has 0 saturated carbocycles. The molecule has 0 bridgehead atoms. The van der Waals surface area contributed by atoms with Crippen molar-refractivity contribution in [2.45, 2.75) is 33.6 Å². The van der Waals surface area contributed by atoms with Crippen molar-refractivity contribution in [2.75, 3.05) is 6.54 Å². The van der Waals surface area contributed by atoms with Gasteiger partial charge in [0.2, 0.25) is 0 Å². The average molecular weight is 321 g/mol. The third kappa shape index (κ3) is 3.18. The van der Waals surface area contributed by atoms with E-state index in [1.807, 2.05) is 53.9 Å². The van der Waals surface area contributed by atoms with Gasteiger partial charge >= 0.3 is 0 Å². The zero-order valence-electron chi connectivity index (χ0n) is 14.5. The van der Waals surface area contributed by atoms with E-state index in [9.17, 15) is 4.79 Å². The predicted octanol–water partition coefficient (Wildman–Crippen LogP) is 4.15. The largest absolute Gasteiger partial charge is 0.351 e. The van der Waals surface area contributed by atoms with Crippen LogP contribution >= 0.6 is 0 Å². The average Bonchev–Trinajstić information content (AvgIpc) is 2.94. The summed E-state index contributed by atoms with van der Waals surface area (Å²) < 4.78 is 1.89. The third-order valence-electron chi connectivity index (χ3n) is 4.12. The van der Waals surface area contributed by atoms with Crippen molar-refractivity contribution in [3.63, 3.8) is 0 Å². The SMILES string of the molecule is CCCCNC(=O)c1c(-c2ccc(C)cc2)nc2ccc(C)cn12. The Hall–Kier alpha value is -2.62. The van der Waals surface area contributed by atoms with Crippen molar-refractivity contribution in [2.24, 2.45) is 0 Å². The van der Waals surface area contributed by atoms with Crippen molar-refractivity contribution < 1.29 is 4.79 Å². The molecule has 4 nitrogen and oxygen atoms in total.